The van der Waals surface area contributed by atoms with E-state index < -0.39 is 0 Å². The van der Waals surface area contributed by atoms with Crippen LogP contribution in [0, 0.1) is 0 Å². The van der Waals surface area contributed by atoms with E-state index in [1.807, 2.05) is 25.1 Å². The monoisotopic (exact) mass is 300 g/mol. The van der Waals surface area contributed by atoms with E-state index in [9.17, 15) is 4.79 Å². The molecule has 0 fully saturated rings. The number of hydrogen-bond acceptors (Lipinski definition) is 4. The van der Waals surface area contributed by atoms with Crippen molar-refractivity contribution in [2.45, 2.75) is 25.8 Å². The number of fused-ring (bicyclic) bond motifs is 1. The lowest BCUT2D eigenvalue weighted by Crippen LogP contribution is -2.26. The molecule has 0 spiro atoms. The number of benzene rings is 1. The smallest absolute Gasteiger partial charge is 0.220 e. The van der Waals surface area contributed by atoms with Crippen molar-refractivity contribution >= 4 is 27.5 Å². The number of aromatic nitrogens is 3. The van der Waals surface area contributed by atoms with E-state index in [-0.39, 0.29) is 11.9 Å². The summed E-state index contributed by atoms with van der Waals surface area (Å²) in [6.07, 6.45) is 4.63. The summed E-state index contributed by atoms with van der Waals surface area (Å²) in [5.74, 6) is 0.0305. The zero-order chi connectivity index (χ0) is 14.7. The fourth-order valence-corrected chi connectivity index (χ4v) is 3.11. The van der Waals surface area contributed by atoms with Gasteiger partial charge in [0.05, 0.1) is 27.5 Å². The summed E-state index contributed by atoms with van der Waals surface area (Å²) >= 11 is 1.65. The molecule has 108 valence electrons. The van der Waals surface area contributed by atoms with Crippen LogP contribution in [-0.2, 0) is 11.2 Å². The molecule has 1 atom stereocenters. The van der Waals surface area contributed by atoms with Crippen LogP contribution >= 0.6 is 11.3 Å². The van der Waals surface area contributed by atoms with E-state index in [1.165, 1.54) is 4.70 Å². The maximum atomic E-state index is 12.0. The molecule has 1 unspecified atom stereocenters. The van der Waals surface area contributed by atoms with Crippen molar-refractivity contribution < 1.29 is 4.79 Å². The Morgan fingerprint density at radius 2 is 2.29 bits per heavy atom. The first kappa shape index (κ1) is 13.8. The Morgan fingerprint density at radius 3 is 3.05 bits per heavy atom. The summed E-state index contributed by atoms with van der Waals surface area (Å²) in [6, 6.07) is 7.99. The molecule has 0 saturated carbocycles. The third-order valence-electron chi connectivity index (χ3n) is 3.30. The van der Waals surface area contributed by atoms with Crippen molar-refractivity contribution in [2.24, 2.45) is 0 Å². The Morgan fingerprint density at radius 1 is 1.43 bits per heavy atom. The van der Waals surface area contributed by atoms with Crippen LogP contribution in [0.25, 0.3) is 10.2 Å². The lowest BCUT2D eigenvalue weighted by molar-refractivity contribution is -0.121. The van der Waals surface area contributed by atoms with Gasteiger partial charge in [0.1, 0.15) is 0 Å². The van der Waals surface area contributed by atoms with Crippen molar-refractivity contribution in [3.8, 4) is 0 Å². The van der Waals surface area contributed by atoms with Crippen LogP contribution in [0.3, 0.4) is 0 Å². The number of thiazole rings is 1. The van der Waals surface area contributed by atoms with Gasteiger partial charge >= 0.3 is 0 Å². The highest BCUT2D eigenvalue weighted by Crippen LogP contribution is 2.22. The lowest BCUT2D eigenvalue weighted by atomic mass is 10.2. The first-order valence-electron chi connectivity index (χ1n) is 6.85. The minimum Gasteiger partial charge on any atom is -0.349 e. The number of nitrogens with zero attached hydrogens (tertiary/aromatic N) is 2. The van der Waals surface area contributed by atoms with Crippen molar-refractivity contribution in [3.63, 3.8) is 0 Å². The standard InChI is InChI=1S/C15H16N4OS/c1-10(11-8-16-17-9-11)18-14(20)6-7-15-19-12-4-2-3-5-13(12)21-15/h2-5,8-10H,6-7H2,1H3,(H,16,17)(H,18,20). The summed E-state index contributed by atoms with van der Waals surface area (Å²) < 4.78 is 1.17. The van der Waals surface area contributed by atoms with E-state index in [1.54, 1.807) is 23.7 Å². The van der Waals surface area contributed by atoms with E-state index >= 15 is 0 Å². The molecule has 0 aliphatic carbocycles. The Balaban J connectivity index is 1.56. The molecule has 2 aromatic heterocycles. The van der Waals surface area contributed by atoms with Gasteiger partial charge in [-0.05, 0) is 19.1 Å². The van der Waals surface area contributed by atoms with E-state index in [0.717, 1.165) is 16.1 Å². The van der Waals surface area contributed by atoms with Crippen LogP contribution in [0.2, 0.25) is 0 Å². The molecule has 6 heteroatoms. The highest BCUT2D eigenvalue weighted by atomic mass is 32.1. The van der Waals surface area contributed by atoms with Crippen molar-refractivity contribution in [2.75, 3.05) is 0 Å². The second-order valence-corrected chi connectivity index (χ2v) is 6.01. The number of carbonyl (C=O) groups excluding carboxylic acids is 1. The van der Waals surface area contributed by atoms with Crippen LogP contribution in [0.5, 0.6) is 0 Å². The van der Waals surface area contributed by atoms with Gasteiger partial charge in [0.15, 0.2) is 0 Å². The van der Waals surface area contributed by atoms with Crippen molar-refractivity contribution in [1.29, 1.82) is 0 Å². The molecule has 1 aromatic carbocycles. The Kier molecular flexibility index (Phi) is 3.96. The van der Waals surface area contributed by atoms with Gasteiger partial charge in [-0.15, -0.1) is 11.3 Å². The normalized spacial score (nSPS) is 12.4. The highest BCUT2D eigenvalue weighted by molar-refractivity contribution is 7.18. The maximum Gasteiger partial charge on any atom is 0.220 e. The van der Waals surface area contributed by atoms with E-state index in [0.29, 0.717) is 12.8 Å². The quantitative estimate of drug-likeness (QED) is 0.761. The minimum atomic E-state index is -0.0355. The SMILES string of the molecule is CC(NC(=O)CCc1nc2ccccc2s1)c1cn[nH]c1. The van der Waals surface area contributed by atoms with Crippen LogP contribution in [0.4, 0.5) is 0 Å². The second-order valence-electron chi connectivity index (χ2n) is 4.90. The number of para-hydroxylation sites is 1. The predicted octanol–water partition coefficient (Wildman–Crippen LogP) is 2.83. The molecule has 0 aliphatic heterocycles. The third kappa shape index (κ3) is 3.28. The molecule has 2 heterocycles. The number of amides is 1. The topological polar surface area (TPSA) is 70.7 Å². The van der Waals surface area contributed by atoms with E-state index in [2.05, 4.69) is 26.6 Å². The Bertz CT molecular complexity index is 702. The zero-order valence-corrected chi connectivity index (χ0v) is 12.5. The van der Waals surface area contributed by atoms with Crippen LogP contribution < -0.4 is 5.32 Å². The molecule has 3 rings (SSSR count). The number of H-pyrrole nitrogens is 1. The van der Waals surface area contributed by atoms with Gasteiger partial charge in [0.2, 0.25) is 5.91 Å². The van der Waals surface area contributed by atoms with Gasteiger partial charge < -0.3 is 5.32 Å². The minimum absolute atomic E-state index is 0.0305. The predicted molar refractivity (Wildman–Crippen MR) is 83.1 cm³/mol. The average molecular weight is 300 g/mol. The summed E-state index contributed by atoms with van der Waals surface area (Å²) in [5, 5.41) is 10.6. The summed E-state index contributed by atoms with van der Waals surface area (Å²) in [7, 11) is 0. The number of carbonyl (C=O) groups is 1. The average Bonchev–Trinajstić information content (AvgIpc) is 3.14. The van der Waals surface area contributed by atoms with Crippen molar-refractivity contribution in [3.05, 3.63) is 47.2 Å². The van der Waals surface area contributed by atoms with E-state index in [4.69, 9.17) is 0 Å². The van der Waals surface area contributed by atoms with Gasteiger partial charge in [-0.1, -0.05) is 12.1 Å². The molecule has 0 radical (unpaired) electrons. The highest BCUT2D eigenvalue weighted by Gasteiger charge is 2.11. The maximum absolute atomic E-state index is 12.0. The Hall–Kier alpha value is -2.21. The molecule has 5 nitrogen and oxygen atoms in total. The summed E-state index contributed by atoms with van der Waals surface area (Å²) in [4.78, 5) is 16.5. The van der Waals surface area contributed by atoms with Crippen LogP contribution in [0.15, 0.2) is 36.7 Å². The van der Waals surface area contributed by atoms with Gasteiger partial charge in [0, 0.05) is 24.6 Å². The number of hydrogen-bond donors (Lipinski definition) is 2. The van der Waals surface area contributed by atoms with Crippen molar-refractivity contribution in [1.82, 2.24) is 20.5 Å². The third-order valence-corrected chi connectivity index (χ3v) is 4.40. The molecule has 0 bridgehead atoms. The molecule has 3 aromatic rings. The molecule has 0 aliphatic rings. The first-order valence-corrected chi connectivity index (χ1v) is 7.66. The number of nitrogens with one attached hydrogen (secondary N) is 2. The number of aromatic amines is 1. The summed E-state index contributed by atoms with van der Waals surface area (Å²) in [5.41, 5.74) is 1.98. The number of aryl methyl sites for hydroxylation is 1. The van der Waals surface area contributed by atoms with Crippen LogP contribution in [0.1, 0.15) is 30.0 Å². The van der Waals surface area contributed by atoms with Gasteiger partial charge in [-0.25, -0.2) is 4.98 Å². The molecule has 21 heavy (non-hydrogen) atoms. The zero-order valence-electron chi connectivity index (χ0n) is 11.7. The van der Waals surface area contributed by atoms with Gasteiger partial charge in [0.25, 0.3) is 0 Å². The molecular weight excluding hydrogens is 284 g/mol. The van der Waals surface area contributed by atoms with Gasteiger partial charge in [-0.3, -0.25) is 9.89 Å². The van der Waals surface area contributed by atoms with Crippen LogP contribution in [-0.4, -0.2) is 21.1 Å². The fourth-order valence-electron chi connectivity index (χ4n) is 2.14. The number of rotatable bonds is 5. The van der Waals surface area contributed by atoms with Gasteiger partial charge in [-0.2, -0.15) is 5.10 Å². The first-order chi connectivity index (χ1) is 10.2. The lowest BCUT2D eigenvalue weighted by Gasteiger charge is -2.11. The molecular formula is C15H16N4OS. The Labute approximate surface area is 126 Å². The molecule has 1 amide bonds. The second kappa shape index (κ2) is 6.05. The molecule has 2 N–H and O–H groups in total. The summed E-state index contributed by atoms with van der Waals surface area (Å²) in [6.45, 7) is 1.94. The largest absolute Gasteiger partial charge is 0.349 e. The fraction of sp³-hybridized carbons (Fsp3) is 0.267. The molecule has 0 saturated heterocycles.